The lowest BCUT2D eigenvalue weighted by molar-refractivity contribution is -0.908. The molecule has 0 atom stereocenters. The van der Waals surface area contributed by atoms with Gasteiger partial charge < -0.3 is 25.0 Å². The maximum absolute atomic E-state index is 9.92. The Bertz CT molecular complexity index is 724. The normalized spacial score (nSPS) is 16.0. The summed E-state index contributed by atoms with van der Waals surface area (Å²) in [6.07, 6.45) is 1.02. The van der Waals surface area contributed by atoms with Crippen molar-refractivity contribution in [1.82, 2.24) is 10.3 Å². The molecule has 0 amide bonds. The van der Waals surface area contributed by atoms with Gasteiger partial charge in [0.25, 0.3) is 0 Å². The van der Waals surface area contributed by atoms with E-state index in [0.29, 0.717) is 10.8 Å². The molecule has 8 heteroatoms. The van der Waals surface area contributed by atoms with E-state index in [4.69, 9.17) is 17.0 Å². The van der Waals surface area contributed by atoms with Gasteiger partial charge in [0.2, 0.25) is 11.0 Å². The number of nitrogens with zero attached hydrogens (tertiary/aromatic N) is 2. The number of benzene rings is 1. The summed E-state index contributed by atoms with van der Waals surface area (Å²) in [6.45, 7) is 5.71. The van der Waals surface area contributed by atoms with Crippen molar-refractivity contribution < 1.29 is 14.7 Å². The quantitative estimate of drug-likeness (QED) is 0.371. The zero-order valence-corrected chi connectivity index (χ0v) is 14.2. The number of hydrogen-bond acceptors (Lipinski definition) is 4. The summed E-state index contributed by atoms with van der Waals surface area (Å²) < 4.78 is 5.34. The highest BCUT2D eigenvalue weighted by Crippen LogP contribution is 2.35. The number of azo groups is 1. The van der Waals surface area contributed by atoms with Gasteiger partial charge in [-0.15, -0.1) is 10.2 Å². The third-order valence-corrected chi connectivity index (χ3v) is 4.31. The smallest absolute Gasteiger partial charge is 0.218 e. The minimum absolute atomic E-state index is 0.00123. The average Bonchev–Trinajstić information content (AvgIpc) is 2.93. The Labute approximate surface area is 145 Å². The van der Waals surface area contributed by atoms with Crippen LogP contribution in [-0.4, -0.2) is 54.6 Å². The summed E-state index contributed by atoms with van der Waals surface area (Å²) in [6, 6.07) is 7.53. The minimum Gasteiger partial charge on any atom is -0.493 e. The molecule has 2 heterocycles. The van der Waals surface area contributed by atoms with Crippen LogP contribution in [-0.2, 0) is 4.74 Å². The van der Waals surface area contributed by atoms with E-state index in [1.165, 1.54) is 0 Å². The average molecular weight is 348 g/mol. The van der Waals surface area contributed by atoms with Crippen LogP contribution in [0.4, 0.5) is 5.69 Å². The van der Waals surface area contributed by atoms with Gasteiger partial charge in [0, 0.05) is 18.4 Å². The fourth-order valence-corrected chi connectivity index (χ4v) is 2.93. The standard InChI is InChI=1S/C16H21N5O2S/c22-15-14(12-4-1-2-5-13(12)18-15)19-20-16(24)17-6-3-7-21-8-10-23-11-9-21/h1-2,4-5,18,22H,3,6-11H2,(H,17,24)/p+1. The molecular weight excluding hydrogens is 326 g/mol. The highest BCUT2D eigenvalue weighted by Gasteiger charge is 2.13. The fraction of sp³-hybridized carbons (Fsp3) is 0.438. The van der Waals surface area contributed by atoms with Crippen LogP contribution in [0.3, 0.4) is 0 Å². The summed E-state index contributed by atoms with van der Waals surface area (Å²) in [4.78, 5) is 4.43. The Morgan fingerprint density at radius 3 is 2.96 bits per heavy atom. The van der Waals surface area contributed by atoms with Gasteiger partial charge in [0.15, 0.2) is 5.69 Å². The van der Waals surface area contributed by atoms with E-state index in [0.717, 1.165) is 56.7 Å². The van der Waals surface area contributed by atoms with Crippen molar-refractivity contribution in [2.45, 2.75) is 6.42 Å². The second-order valence-electron chi connectivity index (χ2n) is 5.77. The zero-order valence-electron chi connectivity index (χ0n) is 13.4. The van der Waals surface area contributed by atoms with Crippen LogP contribution in [0.1, 0.15) is 6.42 Å². The first kappa shape index (κ1) is 16.8. The number of para-hydroxylation sites is 1. The van der Waals surface area contributed by atoms with Gasteiger partial charge in [0.1, 0.15) is 13.1 Å². The number of quaternary nitrogens is 1. The molecule has 0 radical (unpaired) electrons. The second-order valence-corrected chi connectivity index (χ2v) is 6.15. The van der Waals surface area contributed by atoms with Gasteiger partial charge >= 0.3 is 0 Å². The predicted molar refractivity (Wildman–Crippen MR) is 96.1 cm³/mol. The molecule has 0 unspecified atom stereocenters. The summed E-state index contributed by atoms with van der Waals surface area (Å²) in [5, 5.41) is 22.2. The number of aromatic amines is 1. The maximum Gasteiger partial charge on any atom is 0.218 e. The number of nitrogens with one attached hydrogen (secondary N) is 3. The number of aromatic hydroxyl groups is 1. The van der Waals surface area contributed by atoms with Gasteiger partial charge in [0.05, 0.1) is 25.3 Å². The first-order chi connectivity index (χ1) is 11.7. The Morgan fingerprint density at radius 1 is 1.33 bits per heavy atom. The minimum atomic E-state index is -0.00123. The van der Waals surface area contributed by atoms with E-state index in [-0.39, 0.29) is 5.88 Å². The first-order valence-electron chi connectivity index (χ1n) is 8.14. The molecule has 2 aromatic rings. The molecule has 0 bridgehead atoms. The number of thiocarbonyl (C=S) groups is 1. The van der Waals surface area contributed by atoms with E-state index in [9.17, 15) is 5.11 Å². The topological polar surface area (TPSA) is 86.4 Å². The van der Waals surface area contributed by atoms with Crippen LogP contribution in [0.15, 0.2) is 34.5 Å². The number of rotatable bonds is 5. The van der Waals surface area contributed by atoms with Crippen molar-refractivity contribution in [2.75, 3.05) is 39.4 Å². The number of H-pyrrole nitrogens is 1. The van der Waals surface area contributed by atoms with E-state index in [1.54, 1.807) is 4.90 Å². The van der Waals surface area contributed by atoms with Gasteiger partial charge in [-0.25, -0.2) is 0 Å². The number of ether oxygens (including phenoxy) is 1. The van der Waals surface area contributed by atoms with Gasteiger partial charge in [-0.1, -0.05) is 18.2 Å². The van der Waals surface area contributed by atoms with Gasteiger partial charge in [-0.3, -0.25) is 0 Å². The third kappa shape index (κ3) is 4.28. The molecule has 24 heavy (non-hydrogen) atoms. The van der Waals surface area contributed by atoms with Crippen molar-refractivity contribution in [1.29, 1.82) is 0 Å². The highest BCUT2D eigenvalue weighted by molar-refractivity contribution is 7.80. The van der Waals surface area contributed by atoms with Crippen LogP contribution in [0.5, 0.6) is 5.88 Å². The molecule has 4 N–H and O–H groups in total. The molecule has 128 valence electrons. The second kappa shape index (κ2) is 8.18. The van der Waals surface area contributed by atoms with Crippen LogP contribution in [0, 0.1) is 0 Å². The van der Waals surface area contributed by atoms with E-state index in [1.807, 2.05) is 24.3 Å². The fourth-order valence-electron chi connectivity index (χ4n) is 2.79. The molecule has 1 aromatic carbocycles. The van der Waals surface area contributed by atoms with Crippen LogP contribution >= 0.6 is 12.2 Å². The van der Waals surface area contributed by atoms with Crippen LogP contribution in [0.2, 0.25) is 0 Å². The molecule has 7 nitrogen and oxygen atoms in total. The monoisotopic (exact) mass is 348 g/mol. The molecule has 0 saturated carbocycles. The third-order valence-electron chi connectivity index (χ3n) is 4.08. The lowest BCUT2D eigenvalue weighted by atomic mass is 10.2. The Balaban J connectivity index is 1.47. The van der Waals surface area contributed by atoms with Crippen molar-refractivity contribution in [2.24, 2.45) is 10.2 Å². The molecule has 0 spiro atoms. The molecule has 1 aliphatic heterocycles. The molecule has 1 aliphatic rings. The number of aromatic nitrogens is 1. The lowest BCUT2D eigenvalue weighted by Gasteiger charge is -2.23. The summed E-state index contributed by atoms with van der Waals surface area (Å²) in [5.41, 5.74) is 1.23. The van der Waals surface area contributed by atoms with E-state index < -0.39 is 0 Å². The zero-order chi connectivity index (χ0) is 16.8. The molecule has 1 fully saturated rings. The Morgan fingerprint density at radius 2 is 2.12 bits per heavy atom. The maximum atomic E-state index is 9.92. The van der Waals surface area contributed by atoms with E-state index >= 15 is 0 Å². The molecule has 3 rings (SSSR count). The van der Waals surface area contributed by atoms with Gasteiger partial charge in [-0.2, -0.15) is 0 Å². The van der Waals surface area contributed by atoms with Crippen molar-refractivity contribution in [3.05, 3.63) is 24.3 Å². The van der Waals surface area contributed by atoms with Crippen LogP contribution < -0.4 is 10.2 Å². The number of fused-ring (bicyclic) bond motifs is 1. The van der Waals surface area contributed by atoms with Crippen molar-refractivity contribution in [3.63, 3.8) is 0 Å². The van der Waals surface area contributed by atoms with Gasteiger partial charge in [-0.05, 0) is 18.3 Å². The highest BCUT2D eigenvalue weighted by atomic mass is 32.1. The van der Waals surface area contributed by atoms with Crippen molar-refractivity contribution in [3.8, 4) is 5.88 Å². The van der Waals surface area contributed by atoms with Crippen molar-refractivity contribution >= 4 is 33.9 Å². The molecule has 1 aromatic heterocycles. The summed E-state index contributed by atoms with van der Waals surface area (Å²) in [5.74, 6) is -0.00123. The number of morpholine rings is 1. The largest absolute Gasteiger partial charge is 0.493 e. The summed E-state index contributed by atoms with van der Waals surface area (Å²) >= 11 is 5.17. The summed E-state index contributed by atoms with van der Waals surface area (Å²) in [7, 11) is 0. The number of hydrogen-bond donors (Lipinski definition) is 4. The SMILES string of the molecule is Oc1[nH]c2ccccc2c1N=NC(=S)NCCC[NH+]1CCOCC1. The molecule has 1 saturated heterocycles. The predicted octanol–water partition coefficient (Wildman–Crippen LogP) is 1.14. The lowest BCUT2D eigenvalue weighted by Crippen LogP contribution is -3.14. The molecule has 0 aliphatic carbocycles. The Hall–Kier alpha value is -2.03. The first-order valence-corrected chi connectivity index (χ1v) is 8.55. The van der Waals surface area contributed by atoms with Crippen LogP contribution in [0.25, 0.3) is 10.9 Å². The van der Waals surface area contributed by atoms with E-state index in [2.05, 4.69) is 20.5 Å². The Kier molecular flexibility index (Phi) is 5.73. The molecular formula is C16H22N5O2S+.